The van der Waals surface area contributed by atoms with Crippen molar-refractivity contribution >= 4 is 0 Å². The van der Waals surface area contributed by atoms with Gasteiger partial charge in [0.1, 0.15) is 12.4 Å². The number of nitrogens with zero attached hydrogens (tertiary/aromatic N) is 1. The molecule has 0 amide bonds. The standard InChI is InChI=1S/C14H21NO2/c1-11-7-12(2)9-14(8-11)17-6-5-15-4-3-13(16)10-15/h7-9,13,16H,3-6,10H2,1-2H3/t13-/m0/s1. The molecule has 1 aliphatic heterocycles. The van der Waals surface area contributed by atoms with Crippen molar-refractivity contribution in [2.24, 2.45) is 0 Å². The highest BCUT2D eigenvalue weighted by atomic mass is 16.5. The van der Waals surface area contributed by atoms with Crippen molar-refractivity contribution in [2.45, 2.75) is 26.4 Å². The predicted octanol–water partition coefficient (Wildman–Crippen LogP) is 1.75. The minimum atomic E-state index is -0.142. The van der Waals surface area contributed by atoms with Gasteiger partial charge in [-0.2, -0.15) is 0 Å². The van der Waals surface area contributed by atoms with E-state index >= 15 is 0 Å². The number of aliphatic hydroxyl groups is 1. The topological polar surface area (TPSA) is 32.7 Å². The van der Waals surface area contributed by atoms with Crippen molar-refractivity contribution in [2.75, 3.05) is 26.2 Å². The number of benzene rings is 1. The smallest absolute Gasteiger partial charge is 0.119 e. The summed E-state index contributed by atoms with van der Waals surface area (Å²) in [5.74, 6) is 0.947. The first-order valence-corrected chi connectivity index (χ1v) is 6.25. The van der Waals surface area contributed by atoms with E-state index in [9.17, 15) is 5.11 Å². The molecule has 3 nitrogen and oxygen atoms in total. The van der Waals surface area contributed by atoms with Gasteiger partial charge in [-0.15, -0.1) is 0 Å². The molecule has 1 N–H and O–H groups in total. The lowest BCUT2D eigenvalue weighted by Crippen LogP contribution is -2.27. The van der Waals surface area contributed by atoms with Gasteiger partial charge in [-0.25, -0.2) is 0 Å². The summed E-state index contributed by atoms with van der Waals surface area (Å²) in [6.07, 6.45) is 0.750. The molecule has 2 rings (SSSR count). The van der Waals surface area contributed by atoms with Crippen LogP contribution >= 0.6 is 0 Å². The first-order valence-electron chi connectivity index (χ1n) is 6.25. The molecule has 1 aromatic carbocycles. The Balaban J connectivity index is 1.78. The highest BCUT2D eigenvalue weighted by molar-refractivity contribution is 5.32. The zero-order chi connectivity index (χ0) is 12.3. The van der Waals surface area contributed by atoms with Gasteiger partial charge in [0.15, 0.2) is 0 Å². The summed E-state index contributed by atoms with van der Waals surface area (Å²) in [6.45, 7) is 7.51. The van der Waals surface area contributed by atoms with Gasteiger partial charge in [-0.1, -0.05) is 6.07 Å². The SMILES string of the molecule is Cc1cc(C)cc(OCCN2CC[C@H](O)C2)c1. The van der Waals surface area contributed by atoms with E-state index in [2.05, 4.69) is 36.9 Å². The highest BCUT2D eigenvalue weighted by Gasteiger charge is 2.19. The zero-order valence-electron chi connectivity index (χ0n) is 10.6. The summed E-state index contributed by atoms with van der Waals surface area (Å²) in [5, 5.41) is 9.41. The second kappa shape index (κ2) is 5.52. The second-order valence-corrected chi connectivity index (χ2v) is 4.91. The summed E-state index contributed by atoms with van der Waals surface area (Å²) in [6, 6.07) is 6.27. The number of likely N-dealkylation sites (tertiary alicyclic amines) is 1. The number of aliphatic hydroxyl groups excluding tert-OH is 1. The fourth-order valence-corrected chi connectivity index (χ4v) is 2.32. The average molecular weight is 235 g/mol. The van der Waals surface area contributed by atoms with Gasteiger partial charge in [0.25, 0.3) is 0 Å². The van der Waals surface area contributed by atoms with E-state index in [0.29, 0.717) is 6.61 Å². The largest absolute Gasteiger partial charge is 0.492 e. The fraction of sp³-hybridized carbons (Fsp3) is 0.571. The summed E-state index contributed by atoms with van der Waals surface area (Å²) >= 11 is 0. The van der Waals surface area contributed by atoms with Crippen molar-refractivity contribution in [3.8, 4) is 5.75 Å². The van der Waals surface area contributed by atoms with Crippen LogP contribution in [0.15, 0.2) is 18.2 Å². The van der Waals surface area contributed by atoms with Crippen molar-refractivity contribution in [1.82, 2.24) is 4.90 Å². The van der Waals surface area contributed by atoms with Gasteiger partial charge in [-0.05, 0) is 43.5 Å². The molecule has 0 bridgehead atoms. The van der Waals surface area contributed by atoms with Gasteiger partial charge in [0.2, 0.25) is 0 Å². The molecule has 1 aromatic rings. The molecule has 0 unspecified atom stereocenters. The van der Waals surface area contributed by atoms with Crippen molar-refractivity contribution in [3.05, 3.63) is 29.3 Å². The third-order valence-electron chi connectivity index (χ3n) is 3.12. The van der Waals surface area contributed by atoms with E-state index in [-0.39, 0.29) is 6.10 Å². The fourth-order valence-electron chi connectivity index (χ4n) is 2.32. The van der Waals surface area contributed by atoms with Crippen LogP contribution in [-0.2, 0) is 0 Å². The Morgan fingerprint density at radius 1 is 1.29 bits per heavy atom. The van der Waals surface area contributed by atoms with Crippen molar-refractivity contribution < 1.29 is 9.84 Å². The zero-order valence-corrected chi connectivity index (χ0v) is 10.6. The number of ether oxygens (including phenoxy) is 1. The number of aryl methyl sites for hydroxylation is 2. The lowest BCUT2D eigenvalue weighted by Gasteiger charge is -2.15. The minimum absolute atomic E-state index is 0.142. The van der Waals surface area contributed by atoms with Crippen molar-refractivity contribution in [1.29, 1.82) is 0 Å². The summed E-state index contributed by atoms with van der Waals surface area (Å²) in [4.78, 5) is 2.24. The second-order valence-electron chi connectivity index (χ2n) is 4.91. The number of β-amino-alcohol motifs (C(OH)–C–C–N with tert-alkyl or cyclic N) is 1. The lowest BCUT2D eigenvalue weighted by atomic mass is 10.1. The van der Waals surface area contributed by atoms with Crippen LogP contribution in [0.4, 0.5) is 0 Å². The molecule has 0 saturated carbocycles. The molecule has 3 heteroatoms. The molecule has 0 spiro atoms. The van der Waals surface area contributed by atoms with Crippen LogP contribution in [-0.4, -0.2) is 42.4 Å². The van der Waals surface area contributed by atoms with E-state index < -0.39 is 0 Å². The molecule has 1 heterocycles. The molecule has 0 radical (unpaired) electrons. The van der Waals surface area contributed by atoms with Gasteiger partial charge in [-0.3, -0.25) is 4.90 Å². The maximum Gasteiger partial charge on any atom is 0.119 e. The molecule has 1 fully saturated rings. The van der Waals surface area contributed by atoms with E-state index in [1.165, 1.54) is 11.1 Å². The number of rotatable bonds is 4. The quantitative estimate of drug-likeness (QED) is 0.863. The van der Waals surface area contributed by atoms with E-state index in [1.807, 2.05) is 0 Å². The van der Waals surface area contributed by atoms with Crippen LogP contribution < -0.4 is 4.74 Å². The van der Waals surface area contributed by atoms with Crippen LogP contribution in [0.3, 0.4) is 0 Å². The molecule has 94 valence electrons. The molecule has 0 aromatic heterocycles. The third kappa shape index (κ3) is 3.72. The van der Waals surface area contributed by atoms with Crippen LogP contribution in [0.5, 0.6) is 5.75 Å². The maximum absolute atomic E-state index is 9.41. The number of hydrogen-bond acceptors (Lipinski definition) is 3. The third-order valence-corrected chi connectivity index (χ3v) is 3.12. The minimum Gasteiger partial charge on any atom is -0.492 e. The molecule has 0 aliphatic carbocycles. The van der Waals surface area contributed by atoms with Gasteiger partial charge < -0.3 is 9.84 Å². The maximum atomic E-state index is 9.41. The Morgan fingerprint density at radius 2 is 2.00 bits per heavy atom. The van der Waals surface area contributed by atoms with Gasteiger partial charge in [0.05, 0.1) is 6.10 Å². The van der Waals surface area contributed by atoms with E-state index in [4.69, 9.17) is 4.74 Å². The first-order chi connectivity index (χ1) is 8.13. The van der Waals surface area contributed by atoms with E-state index in [1.54, 1.807) is 0 Å². The first kappa shape index (κ1) is 12.4. The predicted molar refractivity (Wildman–Crippen MR) is 68.5 cm³/mol. The van der Waals surface area contributed by atoms with Crippen molar-refractivity contribution in [3.63, 3.8) is 0 Å². The van der Waals surface area contributed by atoms with Crippen LogP contribution in [0.2, 0.25) is 0 Å². The monoisotopic (exact) mass is 235 g/mol. The number of hydrogen-bond donors (Lipinski definition) is 1. The molecule has 1 aliphatic rings. The molecular weight excluding hydrogens is 214 g/mol. The average Bonchev–Trinajstić information content (AvgIpc) is 2.63. The van der Waals surface area contributed by atoms with Crippen LogP contribution in [0.25, 0.3) is 0 Å². The Labute approximate surface area is 103 Å². The van der Waals surface area contributed by atoms with Gasteiger partial charge >= 0.3 is 0 Å². The molecule has 1 atom stereocenters. The van der Waals surface area contributed by atoms with Gasteiger partial charge in [0, 0.05) is 19.6 Å². The van der Waals surface area contributed by atoms with Crippen LogP contribution in [0, 0.1) is 13.8 Å². The molecular formula is C14H21NO2. The van der Waals surface area contributed by atoms with E-state index in [0.717, 1.165) is 31.8 Å². The summed E-state index contributed by atoms with van der Waals surface area (Å²) in [7, 11) is 0. The Morgan fingerprint density at radius 3 is 2.59 bits per heavy atom. The Kier molecular flexibility index (Phi) is 4.02. The van der Waals surface area contributed by atoms with Crippen LogP contribution in [0.1, 0.15) is 17.5 Å². The summed E-state index contributed by atoms with van der Waals surface area (Å²) < 4.78 is 5.74. The summed E-state index contributed by atoms with van der Waals surface area (Å²) in [5.41, 5.74) is 2.47. The Bertz CT molecular complexity index is 358. The highest BCUT2D eigenvalue weighted by Crippen LogP contribution is 2.16. The normalized spacial score (nSPS) is 20.8. The lowest BCUT2D eigenvalue weighted by molar-refractivity contribution is 0.167. The molecule has 17 heavy (non-hydrogen) atoms. The molecule has 1 saturated heterocycles. The Hall–Kier alpha value is -1.06.